The van der Waals surface area contributed by atoms with Crippen molar-refractivity contribution in [1.82, 2.24) is 0 Å². The Morgan fingerprint density at radius 2 is 1.23 bits per heavy atom. The monoisotopic (exact) mass is 476 g/mol. The first-order valence-electron chi connectivity index (χ1n) is 12.5. The fourth-order valence-corrected chi connectivity index (χ4v) is 3.87. The number of benzene rings is 3. The van der Waals surface area contributed by atoms with Gasteiger partial charge in [-0.2, -0.15) is 0 Å². The average molecular weight is 477 g/mol. The van der Waals surface area contributed by atoms with Crippen LogP contribution in [0.15, 0.2) is 66.7 Å². The average Bonchev–Trinajstić information content (AvgIpc) is 2.87. The van der Waals surface area contributed by atoms with Crippen molar-refractivity contribution in [2.24, 2.45) is 0 Å². The standard InChI is InChI=1S/C30H36O5/c1-23-10-12-24(13-11-23)25-14-17-27(18-15-25)34-20-8-6-4-2-3-5-7-9-21-35-30(33)28-22-26(31)16-19-29(28)32/h10-19,22,31-32H,2-9,20-21H2,1H3. The molecular weight excluding hydrogens is 440 g/mol. The van der Waals surface area contributed by atoms with E-state index in [4.69, 9.17) is 9.47 Å². The van der Waals surface area contributed by atoms with E-state index in [9.17, 15) is 15.0 Å². The van der Waals surface area contributed by atoms with E-state index in [2.05, 4.69) is 43.3 Å². The molecule has 0 radical (unpaired) electrons. The number of carbonyl (C=O) groups excluding carboxylic acids is 1. The van der Waals surface area contributed by atoms with Crippen LogP contribution in [0.25, 0.3) is 11.1 Å². The number of hydrogen-bond acceptors (Lipinski definition) is 5. The van der Waals surface area contributed by atoms with E-state index in [0.717, 1.165) is 44.5 Å². The number of aromatic hydroxyl groups is 2. The van der Waals surface area contributed by atoms with Crippen LogP contribution in [0.1, 0.15) is 67.3 Å². The van der Waals surface area contributed by atoms with Crippen LogP contribution in [0, 0.1) is 6.92 Å². The maximum atomic E-state index is 11.9. The summed E-state index contributed by atoms with van der Waals surface area (Å²) in [6.45, 7) is 3.15. The molecule has 0 atom stereocenters. The topological polar surface area (TPSA) is 76.0 Å². The molecule has 0 fully saturated rings. The third-order valence-corrected chi connectivity index (χ3v) is 5.98. The number of carbonyl (C=O) groups is 1. The number of hydrogen-bond donors (Lipinski definition) is 2. The van der Waals surface area contributed by atoms with Gasteiger partial charge in [0.2, 0.25) is 0 Å². The maximum Gasteiger partial charge on any atom is 0.342 e. The fourth-order valence-electron chi connectivity index (χ4n) is 3.87. The largest absolute Gasteiger partial charge is 0.508 e. The van der Waals surface area contributed by atoms with Crippen LogP contribution in [-0.4, -0.2) is 29.4 Å². The van der Waals surface area contributed by atoms with Gasteiger partial charge in [0.25, 0.3) is 0 Å². The first kappa shape index (κ1) is 26.1. The van der Waals surface area contributed by atoms with Crippen LogP contribution >= 0.6 is 0 Å². The molecule has 0 amide bonds. The lowest BCUT2D eigenvalue weighted by molar-refractivity contribution is 0.0494. The summed E-state index contributed by atoms with van der Waals surface area (Å²) in [5, 5.41) is 19.1. The quantitative estimate of drug-likeness (QED) is 0.144. The van der Waals surface area contributed by atoms with Crippen LogP contribution in [0.5, 0.6) is 17.2 Å². The molecule has 0 aliphatic carbocycles. The second-order valence-electron chi connectivity index (χ2n) is 8.90. The summed E-state index contributed by atoms with van der Waals surface area (Å²) in [5.41, 5.74) is 3.68. The summed E-state index contributed by atoms with van der Waals surface area (Å²) in [6.07, 6.45) is 8.68. The summed E-state index contributed by atoms with van der Waals surface area (Å²) in [5.74, 6) is 0.0479. The molecule has 0 aromatic heterocycles. The molecule has 0 bridgehead atoms. The molecule has 3 rings (SSSR count). The smallest absolute Gasteiger partial charge is 0.342 e. The summed E-state index contributed by atoms with van der Waals surface area (Å²) in [4.78, 5) is 11.9. The van der Waals surface area contributed by atoms with Crippen molar-refractivity contribution in [3.05, 3.63) is 77.9 Å². The highest BCUT2D eigenvalue weighted by molar-refractivity contribution is 5.92. The molecule has 5 nitrogen and oxygen atoms in total. The first-order valence-corrected chi connectivity index (χ1v) is 12.5. The predicted molar refractivity (Wildman–Crippen MR) is 139 cm³/mol. The normalized spacial score (nSPS) is 10.8. The zero-order valence-corrected chi connectivity index (χ0v) is 20.5. The minimum atomic E-state index is -0.608. The second kappa shape index (κ2) is 14.1. The van der Waals surface area contributed by atoms with E-state index >= 15 is 0 Å². The summed E-state index contributed by atoms with van der Waals surface area (Å²) >= 11 is 0. The zero-order chi connectivity index (χ0) is 24.9. The van der Waals surface area contributed by atoms with Gasteiger partial charge in [-0.3, -0.25) is 0 Å². The van der Waals surface area contributed by atoms with Gasteiger partial charge in [0, 0.05) is 0 Å². The Bertz CT molecular complexity index is 1040. The molecule has 3 aromatic carbocycles. The van der Waals surface area contributed by atoms with E-state index in [1.54, 1.807) is 0 Å². The molecule has 186 valence electrons. The van der Waals surface area contributed by atoms with E-state index in [-0.39, 0.29) is 17.1 Å². The molecule has 0 spiro atoms. The molecule has 0 heterocycles. The van der Waals surface area contributed by atoms with E-state index < -0.39 is 5.97 Å². The van der Waals surface area contributed by atoms with Gasteiger partial charge in [-0.15, -0.1) is 0 Å². The number of rotatable bonds is 14. The highest BCUT2D eigenvalue weighted by atomic mass is 16.5. The van der Waals surface area contributed by atoms with E-state index in [1.165, 1.54) is 54.2 Å². The number of phenolic OH excluding ortho intramolecular Hbond substituents is 2. The van der Waals surface area contributed by atoms with Crippen LogP contribution in [0.4, 0.5) is 0 Å². The molecule has 0 saturated carbocycles. The third kappa shape index (κ3) is 9.01. The minimum Gasteiger partial charge on any atom is -0.508 e. The molecule has 0 saturated heterocycles. The fraction of sp³-hybridized carbons (Fsp3) is 0.367. The SMILES string of the molecule is Cc1ccc(-c2ccc(OCCCCCCCCCCOC(=O)c3cc(O)ccc3O)cc2)cc1. The van der Waals surface area contributed by atoms with Crippen molar-refractivity contribution < 1.29 is 24.5 Å². The summed E-state index contributed by atoms with van der Waals surface area (Å²) in [7, 11) is 0. The van der Waals surface area contributed by atoms with Gasteiger partial charge in [-0.25, -0.2) is 4.79 Å². The second-order valence-corrected chi connectivity index (χ2v) is 8.90. The summed E-state index contributed by atoms with van der Waals surface area (Å²) < 4.78 is 11.1. The summed E-state index contributed by atoms with van der Waals surface area (Å²) in [6, 6.07) is 20.7. The lowest BCUT2D eigenvalue weighted by Crippen LogP contribution is -2.06. The lowest BCUT2D eigenvalue weighted by atomic mass is 10.0. The molecule has 5 heteroatoms. The Balaban J connectivity index is 1.16. The zero-order valence-electron chi connectivity index (χ0n) is 20.5. The Hall–Kier alpha value is -3.47. The van der Waals surface area contributed by atoms with Crippen molar-refractivity contribution in [2.75, 3.05) is 13.2 Å². The predicted octanol–water partition coefficient (Wildman–Crippen LogP) is 7.43. The Morgan fingerprint density at radius 1 is 0.686 bits per heavy atom. The Morgan fingerprint density at radius 3 is 1.86 bits per heavy atom. The Labute approximate surface area is 208 Å². The van der Waals surface area contributed by atoms with Crippen molar-refractivity contribution in [1.29, 1.82) is 0 Å². The van der Waals surface area contributed by atoms with Crippen molar-refractivity contribution >= 4 is 5.97 Å². The maximum absolute atomic E-state index is 11.9. The van der Waals surface area contributed by atoms with Gasteiger partial charge < -0.3 is 19.7 Å². The van der Waals surface area contributed by atoms with E-state index in [0.29, 0.717) is 6.61 Å². The van der Waals surface area contributed by atoms with Gasteiger partial charge in [0.15, 0.2) is 0 Å². The van der Waals surface area contributed by atoms with Gasteiger partial charge in [0.05, 0.1) is 13.2 Å². The molecular formula is C30H36O5. The number of ether oxygens (including phenoxy) is 2. The first-order chi connectivity index (χ1) is 17.0. The number of aryl methyl sites for hydroxylation is 1. The highest BCUT2D eigenvalue weighted by Gasteiger charge is 2.13. The van der Waals surface area contributed by atoms with Gasteiger partial charge >= 0.3 is 5.97 Å². The molecule has 35 heavy (non-hydrogen) atoms. The van der Waals surface area contributed by atoms with Gasteiger partial charge in [0.1, 0.15) is 22.8 Å². The van der Waals surface area contributed by atoms with Crippen molar-refractivity contribution in [3.63, 3.8) is 0 Å². The number of phenols is 2. The van der Waals surface area contributed by atoms with Gasteiger partial charge in [-0.1, -0.05) is 80.5 Å². The molecule has 0 aliphatic rings. The van der Waals surface area contributed by atoms with Crippen LogP contribution in [0.2, 0.25) is 0 Å². The molecule has 0 unspecified atom stereocenters. The Kier molecular flexibility index (Phi) is 10.5. The molecule has 0 aliphatic heterocycles. The van der Waals surface area contributed by atoms with Crippen LogP contribution in [-0.2, 0) is 4.74 Å². The lowest BCUT2D eigenvalue weighted by Gasteiger charge is -2.08. The number of esters is 1. The molecule has 3 aromatic rings. The van der Waals surface area contributed by atoms with Crippen molar-refractivity contribution in [3.8, 4) is 28.4 Å². The van der Waals surface area contributed by atoms with Crippen LogP contribution in [0.3, 0.4) is 0 Å². The minimum absolute atomic E-state index is 0.00626. The highest BCUT2D eigenvalue weighted by Crippen LogP contribution is 2.24. The van der Waals surface area contributed by atoms with Crippen LogP contribution < -0.4 is 4.74 Å². The third-order valence-electron chi connectivity index (χ3n) is 5.98. The number of unbranched alkanes of at least 4 members (excludes halogenated alkanes) is 7. The van der Waals surface area contributed by atoms with Crippen molar-refractivity contribution in [2.45, 2.75) is 58.3 Å². The molecule has 2 N–H and O–H groups in total. The van der Waals surface area contributed by atoms with Gasteiger partial charge in [-0.05, 0) is 61.2 Å². The van der Waals surface area contributed by atoms with E-state index in [1.807, 2.05) is 12.1 Å².